The Morgan fingerprint density at radius 2 is 1.75 bits per heavy atom. The highest BCUT2D eigenvalue weighted by molar-refractivity contribution is 5.27. The van der Waals surface area contributed by atoms with Gasteiger partial charge in [0, 0.05) is 0 Å². The highest BCUT2D eigenvalue weighted by atomic mass is 14.3. The zero-order valence-corrected chi connectivity index (χ0v) is 11.3. The first-order chi connectivity index (χ1) is 7.33. The maximum atomic E-state index is 4.05. The van der Waals surface area contributed by atoms with Crippen molar-refractivity contribution in [2.75, 3.05) is 0 Å². The zero-order valence-electron chi connectivity index (χ0n) is 11.3. The normalized spacial score (nSPS) is 13.6. The van der Waals surface area contributed by atoms with E-state index >= 15 is 0 Å². The molecule has 0 saturated carbocycles. The minimum Gasteiger partial charge on any atom is -0.0999 e. The third-order valence-corrected chi connectivity index (χ3v) is 3.49. The van der Waals surface area contributed by atoms with Gasteiger partial charge in [0.05, 0.1) is 0 Å². The Morgan fingerprint density at radius 1 is 1.25 bits per heavy atom. The zero-order chi connectivity index (χ0) is 12.3. The quantitative estimate of drug-likeness (QED) is 0.630. The summed E-state index contributed by atoms with van der Waals surface area (Å²) < 4.78 is 0. The van der Waals surface area contributed by atoms with Crippen molar-refractivity contribution < 1.29 is 0 Å². The van der Waals surface area contributed by atoms with Crippen molar-refractivity contribution in [2.45, 2.75) is 46.5 Å². The van der Waals surface area contributed by atoms with Gasteiger partial charge >= 0.3 is 0 Å². The van der Waals surface area contributed by atoms with Crippen LogP contribution in [0.5, 0.6) is 0 Å². The molecule has 0 radical (unpaired) electrons. The Bertz CT molecular complexity index is 354. The van der Waals surface area contributed by atoms with E-state index in [1.54, 1.807) is 0 Å². The average Bonchev–Trinajstić information content (AvgIpc) is 2.17. The van der Waals surface area contributed by atoms with Gasteiger partial charge in [-0.2, -0.15) is 0 Å². The number of benzene rings is 1. The van der Waals surface area contributed by atoms with E-state index in [1.807, 2.05) is 0 Å². The molecule has 0 fully saturated rings. The Kier molecular flexibility index (Phi) is 3.96. The van der Waals surface area contributed by atoms with E-state index in [1.165, 1.54) is 16.7 Å². The predicted octanol–water partition coefficient (Wildman–Crippen LogP) is 4.87. The van der Waals surface area contributed by atoms with Crippen molar-refractivity contribution >= 4 is 0 Å². The molecule has 0 bridgehead atoms. The first kappa shape index (κ1) is 13.0. The molecule has 0 aliphatic heterocycles. The molecule has 0 heteroatoms. The van der Waals surface area contributed by atoms with Gasteiger partial charge in [0.1, 0.15) is 0 Å². The Morgan fingerprint density at radius 3 is 2.19 bits per heavy atom. The molecule has 1 rings (SSSR count). The lowest BCUT2D eigenvalue weighted by Gasteiger charge is -2.29. The van der Waals surface area contributed by atoms with Gasteiger partial charge in [0.2, 0.25) is 0 Å². The largest absolute Gasteiger partial charge is 0.0999 e. The van der Waals surface area contributed by atoms with Gasteiger partial charge in [0.25, 0.3) is 0 Å². The summed E-state index contributed by atoms with van der Waals surface area (Å²) in [6, 6.07) is 8.89. The molecule has 0 heterocycles. The molecule has 88 valence electrons. The summed E-state index contributed by atoms with van der Waals surface area (Å²) in [4.78, 5) is 0. The van der Waals surface area contributed by atoms with Gasteiger partial charge < -0.3 is 0 Å². The Labute approximate surface area is 100 Å². The second-order valence-electron chi connectivity index (χ2n) is 5.70. The van der Waals surface area contributed by atoms with Crippen LogP contribution in [-0.2, 0) is 5.41 Å². The minimum atomic E-state index is 0.228. The van der Waals surface area contributed by atoms with Crippen molar-refractivity contribution in [3.8, 4) is 0 Å². The van der Waals surface area contributed by atoms with Crippen molar-refractivity contribution in [3.05, 3.63) is 47.5 Å². The van der Waals surface area contributed by atoms with Crippen LogP contribution in [0.2, 0.25) is 0 Å². The maximum Gasteiger partial charge on any atom is -0.00980 e. The molecule has 1 atom stereocenters. The summed E-state index contributed by atoms with van der Waals surface area (Å²) >= 11 is 0. The summed E-state index contributed by atoms with van der Waals surface area (Å²) in [6.07, 6.45) is 1.16. The van der Waals surface area contributed by atoms with Crippen molar-refractivity contribution in [1.29, 1.82) is 0 Å². The van der Waals surface area contributed by atoms with Crippen LogP contribution in [0.25, 0.3) is 0 Å². The average molecular weight is 216 g/mol. The number of hydrogen-bond acceptors (Lipinski definition) is 0. The van der Waals surface area contributed by atoms with Crippen LogP contribution in [0.1, 0.15) is 45.2 Å². The van der Waals surface area contributed by atoms with E-state index in [-0.39, 0.29) is 5.41 Å². The number of aryl methyl sites for hydroxylation is 1. The molecule has 1 aromatic rings. The summed E-state index contributed by atoms with van der Waals surface area (Å²) in [5.74, 6) is 0.580. The summed E-state index contributed by atoms with van der Waals surface area (Å²) in [5.41, 5.74) is 4.25. The van der Waals surface area contributed by atoms with Gasteiger partial charge in [-0.25, -0.2) is 0 Å². The fourth-order valence-corrected chi connectivity index (χ4v) is 2.06. The van der Waals surface area contributed by atoms with E-state index in [0.29, 0.717) is 5.92 Å². The molecular formula is C16H24. The first-order valence-corrected chi connectivity index (χ1v) is 6.05. The number of allylic oxidation sites excluding steroid dienone is 1. The van der Waals surface area contributed by atoms with Crippen LogP contribution in [0, 0.1) is 12.8 Å². The van der Waals surface area contributed by atoms with Crippen LogP contribution < -0.4 is 0 Å². The van der Waals surface area contributed by atoms with Gasteiger partial charge in [0.15, 0.2) is 0 Å². The number of hydrogen-bond donors (Lipinski definition) is 0. The van der Waals surface area contributed by atoms with E-state index in [0.717, 1.165) is 6.42 Å². The summed E-state index contributed by atoms with van der Waals surface area (Å²) in [7, 11) is 0. The van der Waals surface area contributed by atoms with Crippen LogP contribution in [0.15, 0.2) is 36.4 Å². The highest BCUT2D eigenvalue weighted by Gasteiger charge is 2.23. The SMILES string of the molecule is C=C(C)C(C)CC(C)(C)c1ccc(C)cc1. The Hall–Kier alpha value is -1.04. The van der Waals surface area contributed by atoms with Crippen LogP contribution in [-0.4, -0.2) is 0 Å². The predicted molar refractivity (Wildman–Crippen MR) is 72.8 cm³/mol. The lowest BCUT2D eigenvalue weighted by atomic mass is 9.76. The van der Waals surface area contributed by atoms with Crippen LogP contribution in [0.3, 0.4) is 0 Å². The third-order valence-electron chi connectivity index (χ3n) is 3.49. The topological polar surface area (TPSA) is 0 Å². The van der Waals surface area contributed by atoms with Crippen LogP contribution >= 0.6 is 0 Å². The van der Waals surface area contributed by atoms with Gasteiger partial charge in [-0.15, -0.1) is 0 Å². The van der Waals surface area contributed by atoms with E-state index in [9.17, 15) is 0 Å². The highest BCUT2D eigenvalue weighted by Crippen LogP contribution is 2.32. The fraction of sp³-hybridized carbons (Fsp3) is 0.500. The first-order valence-electron chi connectivity index (χ1n) is 6.05. The lowest BCUT2D eigenvalue weighted by molar-refractivity contribution is 0.412. The second kappa shape index (κ2) is 4.86. The van der Waals surface area contributed by atoms with Crippen molar-refractivity contribution in [1.82, 2.24) is 0 Å². The molecule has 1 unspecified atom stereocenters. The maximum absolute atomic E-state index is 4.05. The smallest absolute Gasteiger partial charge is 0.00980 e. The summed E-state index contributed by atoms with van der Waals surface area (Å²) in [6.45, 7) is 15.2. The van der Waals surface area contributed by atoms with Crippen molar-refractivity contribution in [2.24, 2.45) is 5.92 Å². The molecule has 0 aromatic heterocycles. The minimum absolute atomic E-state index is 0.228. The molecule has 16 heavy (non-hydrogen) atoms. The molecule has 0 N–H and O–H groups in total. The molecule has 0 aliphatic rings. The number of rotatable bonds is 4. The molecule has 0 saturated heterocycles. The fourth-order valence-electron chi connectivity index (χ4n) is 2.06. The van der Waals surface area contributed by atoms with Gasteiger partial charge in [-0.05, 0) is 37.2 Å². The standard InChI is InChI=1S/C16H24/c1-12(2)14(4)11-16(5,6)15-9-7-13(3)8-10-15/h7-10,14H,1,11H2,2-6H3. The molecular weight excluding hydrogens is 192 g/mol. The third kappa shape index (κ3) is 3.23. The monoisotopic (exact) mass is 216 g/mol. The van der Waals surface area contributed by atoms with Crippen LogP contribution in [0.4, 0.5) is 0 Å². The van der Waals surface area contributed by atoms with E-state index < -0.39 is 0 Å². The molecule has 1 aromatic carbocycles. The van der Waals surface area contributed by atoms with Crippen molar-refractivity contribution in [3.63, 3.8) is 0 Å². The van der Waals surface area contributed by atoms with E-state index in [2.05, 4.69) is 65.5 Å². The molecule has 0 amide bonds. The van der Waals surface area contributed by atoms with E-state index in [4.69, 9.17) is 0 Å². The molecule has 0 nitrogen and oxygen atoms in total. The summed E-state index contributed by atoms with van der Waals surface area (Å²) in [5, 5.41) is 0. The molecule has 0 spiro atoms. The lowest BCUT2D eigenvalue weighted by Crippen LogP contribution is -2.21. The van der Waals surface area contributed by atoms with Gasteiger partial charge in [-0.1, -0.05) is 62.8 Å². The van der Waals surface area contributed by atoms with Gasteiger partial charge in [-0.3, -0.25) is 0 Å². The second-order valence-corrected chi connectivity index (χ2v) is 5.70. The molecule has 0 aliphatic carbocycles. The Balaban J connectivity index is 2.84.